The van der Waals surface area contributed by atoms with Crippen molar-refractivity contribution in [3.8, 4) is 5.75 Å². The number of amides is 1. The lowest BCUT2D eigenvalue weighted by Crippen LogP contribution is -2.12. The topological polar surface area (TPSA) is 75.6 Å². The third-order valence-electron chi connectivity index (χ3n) is 3.88. The molecule has 2 rings (SSSR count). The highest BCUT2D eigenvalue weighted by Crippen LogP contribution is 2.15. The normalized spacial score (nSPS) is 10.3. The highest BCUT2D eigenvalue weighted by Gasteiger charge is 2.05. The molecule has 5 nitrogen and oxygen atoms in total. The Balaban J connectivity index is 1.81. The number of hydrogen-bond donors (Lipinski definition) is 2. The van der Waals surface area contributed by atoms with Crippen molar-refractivity contribution in [2.45, 2.75) is 39.0 Å². The lowest BCUT2D eigenvalue weighted by molar-refractivity contribution is -0.137. The van der Waals surface area contributed by atoms with Crippen LogP contribution in [0.5, 0.6) is 5.75 Å². The molecular weight excluding hydrogens is 330 g/mol. The third-order valence-corrected chi connectivity index (χ3v) is 3.88. The monoisotopic (exact) mass is 355 g/mol. The van der Waals surface area contributed by atoms with Crippen molar-refractivity contribution in [3.63, 3.8) is 0 Å². The maximum absolute atomic E-state index is 12.1. The highest BCUT2D eigenvalue weighted by molar-refractivity contribution is 5.90. The average molecular weight is 355 g/mol. The van der Waals surface area contributed by atoms with Gasteiger partial charge in [-0.3, -0.25) is 9.59 Å². The first-order valence-electron chi connectivity index (χ1n) is 8.89. The summed E-state index contributed by atoms with van der Waals surface area (Å²) in [5.41, 5.74) is 2.67. The van der Waals surface area contributed by atoms with Crippen LogP contribution in [0.2, 0.25) is 0 Å². The molecule has 0 aliphatic rings. The van der Waals surface area contributed by atoms with E-state index in [1.807, 2.05) is 48.5 Å². The molecule has 1 amide bonds. The Kier molecular flexibility index (Phi) is 7.68. The van der Waals surface area contributed by atoms with Crippen LogP contribution < -0.4 is 10.1 Å². The molecule has 0 radical (unpaired) electrons. The van der Waals surface area contributed by atoms with Gasteiger partial charge in [0.05, 0.1) is 6.61 Å². The fourth-order valence-electron chi connectivity index (χ4n) is 2.51. The summed E-state index contributed by atoms with van der Waals surface area (Å²) in [4.78, 5) is 22.8. The SMILES string of the molecule is CCCOc1ccc(CCC(=O)Nc2cccc(CCC(=O)O)c2)cc1. The van der Waals surface area contributed by atoms with Gasteiger partial charge in [-0.1, -0.05) is 31.2 Å². The van der Waals surface area contributed by atoms with Crippen molar-refractivity contribution in [2.24, 2.45) is 0 Å². The first kappa shape index (κ1) is 19.5. The zero-order valence-electron chi connectivity index (χ0n) is 15.0. The molecule has 138 valence electrons. The summed E-state index contributed by atoms with van der Waals surface area (Å²) in [6.45, 7) is 2.77. The summed E-state index contributed by atoms with van der Waals surface area (Å²) in [5.74, 6) is -0.0459. The Bertz CT molecular complexity index is 725. The number of carbonyl (C=O) groups is 2. The van der Waals surface area contributed by atoms with Gasteiger partial charge >= 0.3 is 5.97 Å². The van der Waals surface area contributed by atoms with Crippen molar-refractivity contribution in [1.82, 2.24) is 0 Å². The highest BCUT2D eigenvalue weighted by atomic mass is 16.5. The third kappa shape index (κ3) is 6.97. The van der Waals surface area contributed by atoms with Crippen LogP contribution in [-0.4, -0.2) is 23.6 Å². The van der Waals surface area contributed by atoms with Gasteiger partial charge in [-0.25, -0.2) is 0 Å². The summed E-state index contributed by atoms with van der Waals surface area (Å²) in [6.07, 6.45) is 2.54. The van der Waals surface area contributed by atoms with Gasteiger partial charge in [0, 0.05) is 18.5 Å². The van der Waals surface area contributed by atoms with E-state index in [9.17, 15) is 9.59 Å². The van der Waals surface area contributed by atoms with Crippen LogP contribution in [0.25, 0.3) is 0 Å². The lowest BCUT2D eigenvalue weighted by atomic mass is 10.1. The molecule has 0 heterocycles. The fraction of sp³-hybridized carbons (Fsp3) is 0.333. The van der Waals surface area contributed by atoms with Gasteiger partial charge in [-0.2, -0.15) is 0 Å². The number of ether oxygens (including phenoxy) is 1. The second-order valence-electron chi connectivity index (χ2n) is 6.13. The van der Waals surface area contributed by atoms with Gasteiger partial charge in [-0.05, 0) is 54.7 Å². The minimum atomic E-state index is -0.828. The molecule has 0 fully saturated rings. The van der Waals surface area contributed by atoms with Gasteiger partial charge in [0.15, 0.2) is 0 Å². The number of aryl methyl sites for hydroxylation is 2. The van der Waals surface area contributed by atoms with E-state index in [2.05, 4.69) is 12.2 Å². The van der Waals surface area contributed by atoms with E-state index in [0.29, 0.717) is 31.6 Å². The molecule has 2 N–H and O–H groups in total. The van der Waals surface area contributed by atoms with E-state index in [-0.39, 0.29) is 12.3 Å². The van der Waals surface area contributed by atoms with Gasteiger partial charge in [-0.15, -0.1) is 0 Å². The van der Waals surface area contributed by atoms with E-state index < -0.39 is 5.97 Å². The number of anilines is 1. The van der Waals surface area contributed by atoms with Crippen LogP contribution in [0.3, 0.4) is 0 Å². The molecule has 0 unspecified atom stereocenters. The number of carboxylic acid groups (broad SMARTS) is 1. The van der Waals surface area contributed by atoms with Crippen molar-refractivity contribution >= 4 is 17.6 Å². The molecule has 0 aliphatic heterocycles. The molecule has 5 heteroatoms. The van der Waals surface area contributed by atoms with Crippen LogP contribution in [0.15, 0.2) is 48.5 Å². The van der Waals surface area contributed by atoms with E-state index in [0.717, 1.165) is 23.3 Å². The Labute approximate surface area is 154 Å². The van der Waals surface area contributed by atoms with Gasteiger partial charge in [0.2, 0.25) is 5.91 Å². The molecule has 2 aromatic carbocycles. The first-order chi connectivity index (χ1) is 12.6. The van der Waals surface area contributed by atoms with E-state index in [1.165, 1.54) is 0 Å². The summed E-state index contributed by atoms with van der Waals surface area (Å²) in [7, 11) is 0. The maximum Gasteiger partial charge on any atom is 0.303 e. The molecule has 26 heavy (non-hydrogen) atoms. The molecule has 0 saturated heterocycles. The number of hydrogen-bond acceptors (Lipinski definition) is 3. The summed E-state index contributed by atoms with van der Waals surface area (Å²) in [5, 5.41) is 11.6. The Morgan fingerprint density at radius 3 is 2.42 bits per heavy atom. The lowest BCUT2D eigenvalue weighted by Gasteiger charge is -2.08. The Morgan fingerprint density at radius 1 is 1.00 bits per heavy atom. The molecule has 2 aromatic rings. The van der Waals surface area contributed by atoms with Crippen molar-refractivity contribution in [3.05, 3.63) is 59.7 Å². The summed E-state index contributed by atoms with van der Waals surface area (Å²) >= 11 is 0. The second kappa shape index (κ2) is 10.2. The van der Waals surface area contributed by atoms with Crippen molar-refractivity contribution < 1.29 is 19.4 Å². The minimum Gasteiger partial charge on any atom is -0.494 e. The minimum absolute atomic E-state index is 0.0632. The number of rotatable bonds is 10. The van der Waals surface area contributed by atoms with E-state index in [4.69, 9.17) is 9.84 Å². The van der Waals surface area contributed by atoms with Crippen molar-refractivity contribution in [2.75, 3.05) is 11.9 Å². The summed E-state index contributed by atoms with van der Waals surface area (Å²) in [6, 6.07) is 15.1. The predicted octanol–water partition coefficient (Wildman–Crippen LogP) is 4.06. The van der Waals surface area contributed by atoms with E-state index >= 15 is 0 Å². The number of nitrogens with one attached hydrogen (secondary N) is 1. The smallest absolute Gasteiger partial charge is 0.303 e. The summed E-state index contributed by atoms with van der Waals surface area (Å²) < 4.78 is 5.54. The Hall–Kier alpha value is -2.82. The molecule has 0 aromatic heterocycles. The predicted molar refractivity (Wildman–Crippen MR) is 102 cm³/mol. The standard InChI is InChI=1S/C21H25NO4/c1-2-14-26-19-10-6-16(7-11-19)8-12-20(23)22-18-5-3-4-17(15-18)9-13-21(24)25/h3-7,10-11,15H,2,8-9,12-14H2,1H3,(H,22,23)(H,24,25). The Morgan fingerprint density at radius 2 is 1.73 bits per heavy atom. The molecule has 0 bridgehead atoms. The van der Waals surface area contributed by atoms with Crippen LogP contribution in [0, 0.1) is 0 Å². The zero-order valence-corrected chi connectivity index (χ0v) is 15.0. The number of aliphatic carboxylic acids is 1. The van der Waals surface area contributed by atoms with Gasteiger partial charge < -0.3 is 15.2 Å². The number of carboxylic acids is 1. The second-order valence-corrected chi connectivity index (χ2v) is 6.13. The maximum atomic E-state index is 12.1. The largest absolute Gasteiger partial charge is 0.494 e. The quantitative estimate of drug-likeness (QED) is 0.674. The average Bonchev–Trinajstić information content (AvgIpc) is 2.64. The fourth-order valence-corrected chi connectivity index (χ4v) is 2.51. The van der Waals surface area contributed by atoms with Crippen LogP contribution in [0.1, 0.15) is 37.3 Å². The zero-order chi connectivity index (χ0) is 18.8. The molecule has 0 atom stereocenters. The first-order valence-corrected chi connectivity index (χ1v) is 8.89. The number of benzene rings is 2. The van der Waals surface area contributed by atoms with Crippen LogP contribution in [0.4, 0.5) is 5.69 Å². The van der Waals surface area contributed by atoms with Crippen LogP contribution in [-0.2, 0) is 22.4 Å². The van der Waals surface area contributed by atoms with Gasteiger partial charge in [0.1, 0.15) is 5.75 Å². The molecular formula is C21H25NO4. The molecule has 0 spiro atoms. The van der Waals surface area contributed by atoms with Crippen LogP contribution >= 0.6 is 0 Å². The number of carbonyl (C=O) groups excluding carboxylic acids is 1. The van der Waals surface area contributed by atoms with E-state index in [1.54, 1.807) is 0 Å². The molecule has 0 aliphatic carbocycles. The van der Waals surface area contributed by atoms with Gasteiger partial charge in [0.25, 0.3) is 0 Å². The molecule has 0 saturated carbocycles. The van der Waals surface area contributed by atoms with Crippen molar-refractivity contribution in [1.29, 1.82) is 0 Å².